The number of anilines is 1. The standard InChI is InChI=1S/C20H20F2N4O/c21-18(22)13-5-3-6-14(11-13)19(27)25-20-24-16-8-1-2-9-17(16)26(20)12-15-7-4-10-23-15/h1-3,5-6,8-9,11,15,18,23H,4,7,10,12H2,(H,24,25,27)/t15-/m1/s1. The number of nitrogens with one attached hydrogen (secondary N) is 2. The van der Waals surface area contributed by atoms with Crippen molar-refractivity contribution in [1.82, 2.24) is 14.9 Å². The zero-order valence-electron chi connectivity index (χ0n) is 14.7. The van der Waals surface area contributed by atoms with Gasteiger partial charge in [0.15, 0.2) is 0 Å². The normalized spacial score (nSPS) is 16.9. The molecule has 5 nitrogen and oxygen atoms in total. The molecular formula is C20H20F2N4O. The Hall–Kier alpha value is -2.80. The Morgan fingerprint density at radius 2 is 2.11 bits per heavy atom. The predicted molar refractivity (Wildman–Crippen MR) is 100 cm³/mol. The number of aromatic nitrogens is 2. The lowest BCUT2D eigenvalue weighted by Crippen LogP contribution is -2.28. The first-order valence-electron chi connectivity index (χ1n) is 9.00. The molecule has 0 saturated carbocycles. The number of carbonyl (C=O) groups excluding carboxylic acids is 1. The van der Waals surface area contributed by atoms with Crippen LogP contribution in [0, 0.1) is 0 Å². The van der Waals surface area contributed by atoms with E-state index in [0.717, 1.165) is 30.4 Å². The zero-order chi connectivity index (χ0) is 18.8. The van der Waals surface area contributed by atoms with Crippen LogP contribution in [0.2, 0.25) is 0 Å². The Kier molecular flexibility index (Phi) is 4.85. The number of nitrogens with zero attached hydrogens (tertiary/aromatic N) is 2. The van der Waals surface area contributed by atoms with E-state index in [1.807, 2.05) is 28.8 Å². The molecule has 1 aromatic heterocycles. The molecule has 1 fully saturated rings. The summed E-state index contributed by atoms with van der Waals surface area (Å²) >= 11 is 0. The molecule has 0 bridgehead atoms. The highest BCUT2D eigenvalue weighted by atomic mass is 19.3. The van der Waals surface area contributed by atoms with Crippen molar-refractivity contribution in [3.63, 3.8) is 0 Å². The van der Waals surface area contributed by atoms with E-state index in [-0.39, 0.29) is 11.1 Å². The van der Waals surface area contributed by atoms with Crippen LogP contribution in [-0.4, -0.2) is 28.0 Å². The van der Waals surface area contributed by atoms with Crippen molar-refractivity contribution in [3.05, 3.63) is 59.7 Å². The number of rotatable bonds is 5. The number of fused-ring (bicyclic) bond motifs is 1. The monoisotopic (exact) mass is 370 g/mol. The van der Waals surface area contributed by atoms with Crippen molar-refractivity contribution in [2.75, 3.05) is 11.9 Å². The molecule has 2 N–H and O–H groups in total. The average Bonchev–Trinajstić information content (AvgIpc) is 3.31. The number of amides is 1. The molecule has 7 heteroatoms. The maximum absolute atomic E-state index is 12.9. The molecule has 0 spiro atoms. The number of alkyl halides is 2. The smallest absolute Gasteiger partial charge is 0.263 e. The van der Waals surface area contributed by atoms with E-state index in [1.165, 1.54) is 24.3 Å². The number of imidazole rings is 1. The summed E-state index contributed by atoms with van der Waals surface area (Å²) in [5.41, 5.74) is 1.73. The number of hydrogen-bond donors (Lipinski definition) is 2. The van der Waals surface area contributed by atoms with Gasteiger partial charge >= 0.3 is 0 Å². The molecule has 1 aliphatic heterocycles. The Balaban J connectivity index is 1.64. The van der Waals surface area contributed by atoms with Gasteiger partial charge in [-0.25, -0.2) is 13.8 Å². The van der Waals surface area contributed by atoms with Gasteiger partial charge in [-0.3, -0.25) is 10.1 Å². The zero-order valence-corrected chi connectivity index (χ0v) is 14.7. The molecule has 27 heavy (non-hydrogen) atoms. The van der Waals surface area contributed by atoms with Crippen molar-refractivity contribution in [2.24, 2.45) is 0 Å². The molecule has 140 valence electrons. The van der Waals surface area contributed by atoms with Gasteiger partial charge in [0.1, 0.15) is 0 Å². The molecular weight excluding hydrogens is 350 g/mol. The van der Waals surface area contributed by atoms with Crippen molar-refractivity contribution in [2.45, 2.75) is 31.9 Å². The molecule has 2 heterocycles. The van der Waals surface area contributed by atoms with Crippen LogP contribution >= 0.6 is 0 Å². The van der Waals surface area contributed by atoms with E-state index < -0.39 is 12.3 Å². The van der Waals surface area contributed by atoms with Crippen molar-refractivity contribution in [1.29, 1.82) is 0 Å². The lowest BCUT2D eigenvalue weighted by atomic mass is 10.1. The molecule has 0 radical (unpaired) electrons. The van der Waals surface area contributed by atoms with Crippen LogP contribution in [-0.2, 0) is 6.54 Å². The predicted octanol–water partition coefficient (Wildman–Crippen LogP) is 3.98. The lowest BCUT2D eigenvalue weighted by molar-refractivity contribution is 0.102. The Bertz CT molecular complexity index is 964. The first-order chi connectivity index (χ1) is 13.1. The van der Waals surface area contributed by atoms with E-state index >= 15 is 0 Å². The first-order valence-corrected chi connectivity index (χ1v) is 9.00. The van der Waals surface area contributed by atoms with E-state index in [9.17, 15) is 13.6 Å². The average molecular weight is 370 g/mol. The molecule has 1 atom stereocenters. The van der Waals surface area contributed by atoms with Crippen molar-refractivity contribution < 1.29 is 13.6 Å². The minimum Gasteiger partial charge on any atom is -0.312 e. The van der Waals surface area contributed by atoms with E-state index in [1.54, 1.807) is 0 Å². The third kappa shape index (κ3) is 3.68. The van der Waals surface area contributed by atoms with Gasteiger partial charge in [0.25, 0.3) is 12.3 Å². The van der Waals surface area contributed by atoms with Gasteiger partial charge in [0.2, 0.25) is 5.95 Å². The van der Waals surface area contributed by atoms with E-state index in [2.05, 4.69) is 15.6 Å². The van der Waals surface area contributed by atoms with Crippen LogP contribution in [0.3, 0.4) is 0 Å². The second-order valence-electron chi connectivity index (χ2n) is 6.71. The second-order valence-corrected chi connectivity index (χ2v) is 6.71. The molecule has 0 aliphatic carbocycles. The van der Waals surface area contributed by atoms with Gasteiger partial charge < -0.3 is 9.88 Å². The minimum absolute atomic E-state index is 0.175. The number of hydrogen-bond acceptors (Lipinski definition) is 3. The minimum atomic E-state index is -2.62. The fourth-order valence-electron chi connectivity index (χ4n) is 3.48. The van der Waals surface area contributed by atoms with Crippen molar-refractivity contribution in [3.8, 4) is 0 Å². The lowest BCUT2D eigenvalue weighted by Gasteiger charge is -2.15. The first kappa shape index (κ1) is 17.6. The molecule has 4 rings (SSSR count). The summed E-state index contributed by atoms with van der Waals surface area (Å²) in [6.07, 6.45) is -0.425. The maximum atomic E-state index is 12.9. The number of carbonyl (C=O) groups is 1. The van der Waals surface area contributed by atoms with Crippen molar-refractivity contribution >= 4 is 22.9 Å². The Morgan fingerprint density at radius 1 is 1.26 bits per heavy atom. The van der Waals surface area contributed by atoms with Gasteiger partial charge in [-0.15, -0.1) is 0 Å². The summed E-state index contributed by atoms with van der Waals surface area (Å²) < 4.78 is 27.8. The molecule has 1 saturated heterocycles. The summed E-state index contributed by atoms with van der Waals surface area (Å²) in [6.45, 7) is 1.67. The highest BCUT2D eigenvalue weighted by Crippen LogP contribution is 2.23. The van der Waals surface area contributed by atoms with Crippen LogP contribution in [0.1, 0.15) is 35.2 Å². The SMILES string of the molecule is O=C(Nc1nc2ccccc2n1C[C@H]1CCCN1)c1cccc(C(F)F)c1. The van der Waals surface area contributed by atoms with Gasteiger partial charge in [-0.1, -0.05) is 24.3 Å². The Morgan fingerprint density at radius 3 is 2.89 bits per heavy atom. The third-order valence-electron chi connectivity index (χ3n) is 4.85. The maximum Gasteiger partial charge on any atom is 0.263 e. The topological polar surface area (TPSA) is 59.0 Å². The van der Waals surface area contributed by atoms with Crippen LogP contribution in [0.4, 0.5) is 14.7 Å². The van der Waals surface area contributed by atoms with Crippen LogP contribution < -0.4 is 10.6 Å². The number of halogens is 2. The summed E-state index contributed by atoms with van der Waals surface area (Å²) in [4.78, 5) is 17.2. The van der Waals surface area contributed by atoms with E-state index in [0.29, 0.717) is 18.5 Å². The summed E-state index contributed by atoms with van der Waals surface area (Å²) in [5, 5.41) is 6.24. The summed E-state index contributed by atoms with van der Waals surface area (Å²) in [6, 6.07) is 13.5. The van der Waals surface area contributed by atoms with Gasteiger partial charge in [0, 0.05) is 23.7 Å². The molecule has 1 amide bonds. The molecule has 2 aromatic carbocycles. The largest absolute Gasteiger partial charge is 0.312 e. The fraction of sp³-hybridized carbons (Fsp3) is 0.300. The number of benzene rings is 2. The Labute approximate surface area is 155 Å². The summed E-state index contributed by atoms with van der Waals surface area (Å²) in [7, 11) is 0. The third-order valence-corrected chi connectivity index (χ3v) is 4.85. The number of para-hydroxylation sites is 2. The molecule has 0 unspecified atom stereocenters. The highest BCUT2D eigenvalue weighted by Gasteiger charge is 2.20. The van der Waals surface area contributed by atoms with Crippen LogP contribution in [0.15, 0.2) is 48.5 Å². The highest BCUT2D eigenvalue weighted by molar-refractivity contribution is 6.04. The van der Waals surface area contributed by atoms with Gasteiger partial charge in [-0.05, 0) is 43.7 Å². The van der Waals surface area contributed by atoms with Crippen LogP contribution in [0.25, 0.3) is 11.0 Å². The molecule has 1 aliphatic rings. The summed E-state index contributed by atoms with van der Waals surface area (Å²) in [5.74, 6) is -0.0224. The van der Waals surface area contributed by atoms with Crippen LogP contribution in [0.5, 0.6) is 0 Å². The second kappa shape index (κ2) is 7.44. The fourth-order valence-corrected chi connectivity index (χ4v) is 3.48. The van der Waals surface area contributed by atoms with Gasteiger partial charge in [0.05, 0.1) is 11.0 Å². The van der Waals surface area contributed by atoms with Gasteiger partial charge in [-0.2, -0.15) is 0 Å². The molecule has 3 aromatic rings. The van der Waals surface area contributed by atoms with E-state index in [4.69, 9.17) is 0 Å². The quantitative estimate of drug-likeness (QED) is 0.714.